The molecule has 0 heterocycles. The maximum Gasteiger partial charge on any atom is 0.277 e. The Kier molecular flexibility index (Phi) is 2.89. The molecule has 3 aromatic rings. The van der Waals surface area contributed by atoms with E-state index in [1.54, 1.807) is 6.07 Å². The van der Waals surface area contributed by atoms with Crippen LogP contribution in [0.15, 0.2) is 42.5 Å². The highest BCUT2D eigenvalue weighted by Gasteiger charge is 2.21. The van der Waals surface area contributed by atoms with Gasteiger partial charge in [-0.2, -0.15) is 0 Å². The second kappa shape index (κ2) is 4.80. The van der Waals surface area contributed by atoms with Gasteiger partial charge in [0, 0.05) is 6.07 Å². The third kappa shape index (κ3) is 1.89. The van der Waals surface area contributed by atoms with E-state index in [1.807, 2.05) is 24.3 Å². The van der Waals surface area contributed by atoms with Gasteiger partial charge in [-0.3, -0.25) is 10.1 Å². The van der Waals surface area contributed by atoms with Crippen LogP contribution in [0.3, 0.4) is 0 Å². The minimum Gasteiger partial charge on any atom is -0.258 e. The van der Waals surface area contributed by atoms with Gasteiger partial charge < -0.3 is 0 Å². The monoisotopic (exact) mass is 291 g/mol. The van der Waals surface area contributed by atoms with E-state index in [9.17, 15) is 10.1 Å². The summed E-state index contributed by atoms with van der Waals surface area (Å²) in [5, 5.41) is 15.4. The molecule has 3 nitrogen and oxygen atoms in total. The first-order valence-corrected chi connectivity index (χ1v) is 7.76. The van der Waals surface area contributed by atoms with Crippen LogP contribution in [-0.4, -0.2) is 4.92 Å². The largest absolute Gasteiger partial charge is 0.277 e. The van der Waals surface area contributed by atoms with Gasteiger partial charge in [0.25, 0.3) is 5.69 Å². The van der Waals surface area contributed by atoms with Crippen molar-refractivity contribution in [3.63, 3.8) is 0 Å². The summed E-state index contributed by atoms with van der Waals surface area (Å²) >= 11 is 0. The minimum atomic E-state index is -0.257. The molecule has 1 atom stereocenters. The van der Waals surface area contributed by atoms with Crippen LogP contribution in [0.1, 0.15) is 24.5 Å². The highest BCUT2D eigenvalue weighted by Crippen LogP contribution is 2.38. The number of nitro benzene ring substituents is 1. The fourth-order valence-electron chi connectivity index (χ4n) is 3.77. The molecular weight excluding hydrogens is 274 g/mol. The van der Waals surface area contributed by atoms with Crippen molar-refractivity contribution >= 4 is 27.2 Å². The summed E-state index contributed by atoms with van der Waals surface area (Å²) in [4.78, 5) is 11.2. The van der Waals surface area contributed by atoms with Crippen LogP contribution in [0.2, 0.25) is 0 Å². The number of nitrogens with zero attached hydrogens (tertiary/aromatic N) is 1. The molecule has 0 radical (unpaired) electrons. The van der Waals surface area contributed by atoms with E-state index >= 15 is 0 Å². The SMILES string of the molecule is CC1CCc2c(ccc3c2cc([N+](=O)[O-])c2ccccc23)C1. The molecule has 4 rings (SSSR count). The van der Waals surface area contributed by atoms with Gasteiger partial charge >= 0.3 is 0 Å². The molecule has 0 saturated carbocycles. The topological polar surface area (TPSA) is 43.1 Å². The fourth-order valence-corrected chi connectivity index (χ4v) is 3.77. The van der Waals surface area contributed by atoms with E-state index in [4.69, 9.17) is 0 Å². The Morgan fingerprint density at radius 2 is 1.77 bits per heavy atom. The Labute approximate surface area is 128 Å². The number of hydrogen-bond donors (Lipinski definition) is 0. The first-order chi connectivity index (χ1) is 10.6. The van der Waals surface area contributed by atoms with Gasteiger partial charge in [-0.05, 0) is 58.5 Å². The van der Waals surface area contributed by atoms with Crippen molar-refractivity contribution in [2.75, 3.05) is 0 Å². The number of hydrogen-bond acceptors (Lipinski definition) is 2. The average Bonchev–Trinajstić information content (AvgIpc) is 2.53. The standard InChI is InChI=1S/C19H17NO2/c1-12-6-8-14-13(10-12)7-9-16-15-4-2-3-5-17(15)19(20(21)22)11-18(14)16/h2-5,7,9,11-12H,6,8,10H2,1H3. The highest BCUT2D eigenvalue weighted by atomic mass is 16.6. The summed E-state index contributed by atoms with van der Waals surface area (Å²) in [7, 11) is 0. The zero-order chi connectivity index (χ0) is 15.3. The smallest absolute Gasteiger partial charge is 0.258 e. The van der Waals surface area contributed by atoms with Crippen LogP contribution in [-0.2, 0) is 12.8 Å². The van der Waals surface area contributed by atoms with Gasteiger partial charge in [-0.15, -0.1) is 0 Å². The van der Waals surface area contributed by atoms with Crippen LogP contribution < -0.4 is 0 Å². The lowest BCUT2D eigenvalue weighted by atomic mass is 9.81. The van der Waals surface area contributed by atoms with Crippen molar-refractivity contribution in [3.8, 4) is 0 Å². The van der Waals surface area contributed by atoms with Crippen molar-refractivity contribution in [2.24, 2.45) is 5.92 Å². The lowest BCUT2D eigenvalue weighted by Gasteiger charge is -2.23. The fraction of sp³-hybridized carbons (Fsp3) is 0.263. The summed E-state index contributed by atoms with van der Waals surface area (Å²) in [6.07, 6.45) is 3.25. The molecule has 0 bridgehead atoms. The number of rotatable bonds is 1. The number of nitro groups is 1. The predicted octanol–water partition coefficient (Wildman–Crippen LogP) is 5.03. The summed E-state index contributed by atoms with van der Waals surface area (Å²) in [5.41, 5.74) is 2.88. The summed E-state index contributed by atoms with van der Waals surface area (Å²) in [6.45, 7) is 2.27. The Bertz CT molecular complexity index is 914. The number of aryl methyl sites for hydroxylation is 1. The Morgan fingerprint density at radius 3 is 2.55 bits per heavy atom. The number of fused-ring (bicyclic) bond motifs is 5. The number of non-ortho nitro benzene ring substituents is 1. The molecule has 3 heteroatoms. The maximum absolute atomic E-state index is 11.5. The maximum atomic E-state index is 11.5. The lowest BCUT2D eigenvalue weighted by Crippen LogP contribution is -2.11. The molecule has 0 aromatic heterocycles. The molecule has 110 valence electrons. The zero-order valence-electron chi connectivity index (χ0n) is 12.5. The third-order valence-corrected chi connectivity index (χ3v) is 4.88. The van der Waals surface area contributed by atoms with Crippen molar-refractivity contribution in [1.82, 2.24) is 0 Å². The number of benzene rings is 3. The van der Waals surface area contributed by atoms with Gasteiger partial charge in [0.05, 0.1) is 10.3 Å². The lowest BCUT2D eigenvalue weighted by molar-refractivity contribution is -0.382. The van der Waals surface area contributed by atoms with Crippen LogP contribution in [0.4, 0.5) is 5.69 Å². The molecule has 1 aliphatic carbocycles. The van der Waals surface area contributed by atoms with Crippen LogP contribution >= 0.6 is 0 Å². The molecule has 0 aliphatic heterocycles. The molecular formula is C19H17NO2. The molecule has 0 fully saturated rings. The molecule has 22 heavy (non-hydrogen) atoms. The van der Waals surface area contributed by atoms with Crippen molar-refractivity contribution < 1.29 is 4.92 Å². The normalized spacial score (nSPS) is 17.6. The van der Waals surface area contributed by atoms with E-state index in [0.717, 1.165) is 40.8 Å². The minimum absolute atomic E-state index is 0.218. The highest BCUT2D eigenvalue weighted by molar-refractivity contribution is 6.12. The third-order valence-electron chi connectivity index (χ3n) is 4.88. The molecule has 3 aromatic carbocycles. The van der Waals surface area contributed by atoms with Crippen molar-refractivity contribution in [1.29, 1.82) is 0 Å². The van der Waals surface area contributed by atoms with Crippen LogP contribution in [0, 0.1) is 16.0 Å². The second-order valence-corrected chi connectivity index (χ2v) is 6.34. The molecule has 0 amide bonds. The van der Waals surface area contributed by atoms with E-state index in [0.29, 0.717) is 5.92 Å². The average molecular weight is 291 g/mol. The molecule has 1 aliphatic rings. The Balaban J connectivity index is 2.14. The van der Waals surface area contributed by atoms with Gasteiger partial charge in [0.2, 0.25) is 0 Å². The molecule has 0 N–H and O–H groups in total. The van der Waals surface area contributed by atoms with E-state index in [-0.39, 0.29) is 10.6 Å². The van der Waals surface area contributed by atoms with Gasteiger partial charge in [0.1, 0.15) is 0 Å². The summed E-state index contributed by atoms with van der Waals surface area (Å²) < 4.78 is 0. The van der Waals surface area contributed by atoms with E-state index in [2.05, 4.69) is 19.1 Å². The first kappa shape index (κ1) is 13.3. The quantitative estimate of drug-likeness (QED) is 0.358. The Hall–Kier alpha value is -2.42. The van der Waals surface area contributed by atoms with E-state index < -0.39 is 0 Å². The van der Waals surface area contributed by atoms with Gasteiger partial charge in [0.15, 0.2) is 0 Å². The summed E-state index contributed by atoms with van der Waals surface area (Å²) in [6, 6.07) is 13.8. The van der Waals surface area contributed by atoms with E-state index in [1.165, 1.54) is 11.1 Å². The molecule has 0 spiro atoms. The molecule has 1 unspecified atom stereocenters. The van der Waals surface area contributed by atoms with Gasteiger partial charge in [-0.25, -0.2) is 0 Å². The van der Waals surface area contributed by atoms with Gasteiger partial charge in [-0.1, -0.05) is 37.3 Å². The Morgan fingerprint density at radius 1 is 1.05 bits per heavy atom. The predicted molar refractivity (Wildman–Crippen MR) is 89.3 cm³/mol. The summed E-state index contributed by atoms with van der Waals surface area (Å²) in [5.74, 6) is 0.695. The second-order valence-electron chi connectivity index (χ2n) is 6.34. The van der Waals surface area contributed by atoms with Crippen LogP contribution in [0.25, 0.3) is 21.5 Å². The van der Waals surface area contributed by atoms with Crippen LogP contribution in [0.5, 0.6) is 0 Å². The van der Waals surface area contributed by atoms with Crippen molar-refractivity contribution in [3.05, 3.63) is 63.7 Å². The molecule has 0 saturated heterocycles. The first-order valence-electron chi connectivity index (χ1n) is 7.76. The van der Waals surface area contributed by atoms with Crippen molar-refractivity contribution in [2.45, 2.75) is 26.2 Å². The zero-order valence-corrected chi connectivity index (χ0v) is 12.5.